The second-order valence-electron chi connectivity index (χ2n) is 4.92. The summed E-state index contributed by atoms with van der Waals surface area (Å²) in [6.45, 7) is 0. The summed E-state index contributed by atoms with van der Waals surface area (Å²) < 4.78 is 1.68. The van der Waals surface area contributed by atoms with Crippen LogP contribution in [-0.2, 0) is 0 Å². The molecule has 2 heterocycles. The molecule has 0 fully saturated rings. The summed E-state index contributed by atoms with van der Waals surface area (Å²) in [5, 5.41) is 32.5. The van der Waals surface area contributed by atoms with Crippen LogP contribution in [0.4, 0.5) is 5.69 Å². The lowest BCUT2D eigenvalue weighted by molar-refractivity contribution is 0.916. The van der Waals surface area contributed by atoms with Crippen LogP contribution in [0.5, 0.6) is 0 Å². The minimum atomic E-state index is 0.229. The number of nitriles is 2. The van der Waals surface area contributed by atoms with E-state index in [4.69, 9.17) is 5.26 Å². The molecular weight excluding hydrogens is 318 g/mol. The second kappa shape index (κ2) is 6.64. The standard InChI is InChI=1S/C16H13N9/c1-19-9-10(7-17)15(20-2)23-22-14-12(8-18)24-25-13-6-4-3-5-11(13)21-16(14)25/h3-6,9,20,24H,1-2H3/b15-10+,19-9?,23-22?. The predicted molar refractivity (Wildman–Crippen MR) is 92.4 cm³/mol. The van der Waals surface area contributed by atoms with Gasteiger partial charge >= 0.3 is 0 Å². The summed E-state index contributed by atoms with van der Waals surface area (Å²) in [5.74, 6) is 0.243. The van der Waals surface area contributed by atoms with Gasteiger partial charge in [-0.3, -0.25) is 10.1 Å². The minimum absolute atomic E-state index is 0.229. The number of rotatable bonds is 4. The second-order valence-corrected chi connectivity index (χ2v) is 4.92. The largest absolute Gasteiger partial charge is 0.371 e. The van der Waals surface area contributed by atoms with Gasteiger partial charge in [0.1, 0.15) is 17.7 Å². The van der Waals surface area contributed by atoms with Crippen LogP contribution in [0.15, 0.2) is 50.9 Å². The van der Waals surface area contributed by atoms with Crippen LogP contribution in [0.1, 0.15) is 5.69 Å². The van der Waals surface area contributed by atoms with Crippen LogP contribution in [0.25, 0.3) is 16.7 Å². The van der Waals surface area contributed by atoms with Gasteiger partial charge in [0.15, 0.2) is 22.8 Å². The summed E-state index contributed by atoms with van der Waals surface area (Å²) in [5.41, 5.74) is 2.85. The molecule has 0 saturated carbocycles. The molecule has 9 heteroatoms. The van der Waals surface area contributed by atoms with Crippen molar-refractivity contribution in [1.82, 2.24) is 19.9 Å². The van der Waals surface area contributed by atoms with Crippen molar-refractivity contribution in [2.24, 2.45) is 15.2 Å². The summed E-state index contributed by atoms with van der Waals surface area (Å²) in [7, 11) is 3.18. The Hall–Kier alpha value is -3.98. The third kappa shape index (κ3) is 2.71. The number of allylic oxidation sites excluding steroid dienone is 1. The lowest BCUT2D eigenvalue weighted by atomic mass is 10.3. The van der Waals surface area contributed by atoms with Crippen LogP contribution in [0.2, 0.25) is 0 Å². The number of para-hydroxylation sites is 2. The summed E-state index contributed by atoms with van der Waals surface area (Å²) >= 11 is 0. The van der Waals surface area contributed by atoms with E-state index in [0.717, 1.165) is 11.0 Å². The van der Waals surface area contributed by atoms with E-state index in [1.165, 1.54) is 6.21 Å². The molecule has 0 unspecified atom stereocenters. The number of benzene rings is 1. The number of nitrogens with one attached hydrogen (secondary N) is 2. The number of H-pyrrole nitrogens is 1. The maximum Gasteiger partial charge on any atom is 0.183 e. The van der Waals surface area contributed by atoms with Crippen LogP contribution in [0.3, 0.4) is 0 Å². The average molecular weight is 331 g/mol. The normalized spacial score (nSPS) is 12.6. The number of fused-ring (bicyclic) bond motifs is 3. The zero-order chi connectivity index (χ0) is 17.8. The van der Waals surface area contributed by atoms with E-state index in [1.54, 1.807) is 18.6 Å². The molecule has 0 bridgehead atoms. The van der Waals surface area contributed by atoms with Gasteiger partial charge in [0.2, 0.25) is 0 Å². The number of imidazole rings is 1. The van der Waals surface area contributed by atoms with Crippen molar-refractivity contribution in [2.45, 2.75) is 0 Å². The number of azo groups is 1. The van der Waals surface area contributed by atoms with E-state index < -0.39 is 0 Å². The third-order valence-corrected chi connectivity index (χ3v) is 3.47. The van der Waals surface area contributed by atoms with Crippen LogP contribution in [0, 0.1) is 22.7 Å². The Morgan fingerprint density at radius 2 is 2.16 bits per heavy atom. The molecule has 2 N–H and O–H groups in total. The Labute approximate surface area is 142 Å². The molecule has 9 nitrogen and oxygen atoms in total. The third-order valence-electron chi connectivity index (χ3n) is 3.47. The van der Waals surface area contributed by atoms with E-state index in [0.29, 0.717) is 11.3 Å². The molecule has 0 amide bonds. The van der Waals surface area contributed by atoms with Crippen molar-refractivity contribution >= 4 is 28.6 Å². The van der Waals surface area contributed by atoms with Crippen LogP contribution >= 0.6 is 0 Å². The Balaban J connectivity index is 2.18. The van der Waals surface area contributed by atoms with Crippen molar-refractivity contribution in [1.29, 1.82) is 10.5 Å². The minimum Gasteiger partial charge on any atom is -0.371 e. The van der Waals surface area contributed by atoms with Crippen molar-refractivity contribution in [3.05, 3.63) is 41.4 Å². The van der Waals surface area contributed by atoms with Gasteiger partial charge in [-0.1, -0.05) is 12.1 Å². The van der Waals surface area contributed by atoms with Gasteiger partial charge in [-0.15, -0.1) is 10.2 Å². The highest BCUT2D eigenvalue weighted by molar-refractivity contribution is 5.86. The molecule has 0 aliphatic rings. The molecule has 0 aliphatic carbocycles. The fourth-order valence-electron chi connectivity index (χ4n) is 2.36. The summed E-state index contributed by atoms with van der Waals surface area (Å²) in [4.78, 5) is 8.30. The topological polar surface area (TPSA) is 130 Å². The van der Waals surface area contributed by atoms with E-state index in [2.05, 4.69) is 30.6 Å². The molecule has 0 radical (unpaired) electrons. The zero-order valence-electron chi connectivity index (χ0n) is 13.5. The SMILES string of the molecule is CN=C/C(C#N)=C(/N=Nc1c(C#N)[nH]n2c1nc1ccccc12)NC. The van der Waals surface area contributed by atoms with Crippen molar-refractivity contribution in [2.75, 3.05) is 14.1 Å². The number of hydrogen-bond acceptors (Lipinski definition) is 7. The lowest BCUT2D eigenvalue weighted by Gasteiger charge is -1.99. The highest BCUT2D eigenvalue weighted by Crippen LogP contribution is 2.28. The zero-order valence-corrected chi connectivity index (χ0v) is 13.5. The van der Waals surface area contributed by atoms with E-state index in [9.17, 15) is 5.26 Å². The fourth-order valence-corrected chi connectivity index (χ4v) is 2.36. The van der Waals surface area contributed by atoms with Gasteiger partial charge in [-0.25, -0.2) is 9.50 Å². The molecule has 3 aromatic rings. The molecule has 122 valence electrons. The first-order valence-electron chi connectivity index (χ1n) is 7.28. The number of aromatic amines is 1. The number of nitrogens with zero attached hydrogens (tertiary/aromatic N) is 7. The molecule has 3 rings (SSSR count). The number of hydrogen-bond donors (Lipinski definition) is 2. The lowest BCUT2D eigenvalue weighted by Crippen LogP contribution is -2.06. The maximum absolute atomic E-state index is 9.35. The first-order chi connectivity index (χ1) is 12.2. The maximum atomic E-state index is 9.35. The highest BCUT2D eigenvalue weighted by atomic mass is 15.3. The van der Waals surface area contributed by atoms with E-state index in [1.807, 2.05) is 36.4 Å². The smallest absolute Gasteiger partial charge is 0.183 e. The molecule has 2 aromatic heterocycles. The molecule has 0 atom stereocenters. The van der Waals surface area contributed by atoms with E-state index >= 15 is 0 Å². The predicted octanol–water partition coefficient (Wildman–Crippen LogP) is 2.43. The van der Waals surface area contributed by atoms with Gasteiger partial charge in [0, 0.05) is 20.3 Å². The van der Waals surface area contributed by atoms with Gasteiger partial charge in [-0.05, 0) is 12.1 Å². The molecule has 25 heavy (non-hydrogen) atoms. The molecule has 0 saturated heterocycles. The quantitative estimate of drug-likeness (QED) is 0.432. The number of aromatic nitrogens is 3. The molecular formula is C16H13N9. The van der Waals surface area contributed by atoms with Crippen molar-refractivity contribution < 1.29 is 0 Å². The Morgan fingerprint density at radius 3 is 2.84 bits per heavy atom. The Kier molecular flexibility index (Phi) is 4.22. The molecule has 0 spiro atoms. The van der Waals surface area contributed by atoms with Gasteiger partial charge in [0.25, 0.3) is 0 Å². The molecule has 1 aromatic carbocycles. The Morgan fingerprint density at radius 1 is 1.36 bits per heavy atom. The Bertz CT molecular complexity index is 1110. The fraction of sp³-hybridized carbons (Fsp3) is 0.125. The van der Waals surface area contributed by atoms with E-state index in [-0.39, 0.29) is 17.1 Å². The van der Waals surface area contributed by atoms with Crippen molar-refractivity contribution in [3.8, 4) is 12.1 Å². The summed E-state index contributed by atoms with van der Waals surface area (Å²) in [6.07, 6.45) is 1.38. The highest BCUT2D eigenvalue weighted by Gasteiger charge is 2.16. The first kappa shape index (κ1) is 15.9. The van der Waals surface area contributed by atoms with Crippen LogP contribution < -0.4 is 5.32 Å². The van der Waals surface area contributed by atoms with Gasteiger partial charge < -0.3 is 5.32 Å². The molecule has 0 aliphatic heterocycles. The van der Waals surface area contributed by atoms with Crippen molar-refractivity contribution in [3.63, 3.8) is 0 Å². The average Bonchev–Trinajstić information content (AvgIpc) is 3.17. The first-order valence-corrected chi connectivity index (χ1v) is 7.28. The number of aliphatic imine (C=N–C) groups is 1. The summed E-state index contributed by atoms with van der Waals surface area (Å²) in [6, 6.07) is 11.6. The monoisotopic (exact) mass is 331 g/mol. The van der Waals surface area contributed by atoms with Gasteiger partial charge in [0.05, 0.1) is 11.0 Å². The van der Waals surface area contributed by atoms with Crippen LogP contribution in [-0.4, -0.2) is 34.9 Å². The van der Waals surface area contributed by atoms with Gasteiger partial charge in [-0.2, -0.15) is 10.5 Å².